The van der Waals surface area contributed by atoms with Crippen molar-refractivity contribution >= 4 is 0 Å². The van der Waals surface area contributed by atoms with Gasteiger partial charge in [0.1, 0.15) is 11.5 Å². The summed E-state index contributed by atoms with van der Waals surface area (Å²) in [6.45, 7) is 0. The Morgan fingerprint density at radius 1 is 0.824 bits per heavy atom. The first-order valence-corrected chi connectivity index (χ1v) is 5.23. The third kappa shape index (κ3) is 3.02. The Morgan fingerprint density at radius 2 is 1.29 bits per heavy atom. The minimum Gasteiger partial charge on any atom is -0.508 e. The number of benzene rings is 2. The van der Waals surface area contributed by atoms with Gasteiger partial charge in [-0.3, -0.25) is 0 Å². The Hall–Kier alpha value is -2.40. The van der Waals surface area contributed by atoms with Gasteiger partial charge >= 0.3 is 0 Å². The van der Waals surface area contributed by atoms with E-state index in [9.17, 15) is 0 Å². The number of phenolic OH excluding ortho intramolecular Hbond substituents is 1. The van der Waals surface area contributed by atoms with E-state index >= 15 is 0 Å². The van der Waals surface area contributed by atoms with Gasteiger partial charge in [-0.15, -0.1) is 0 Å². The first-order valence-electron chi connectivity index (χ1n) is 5.23. The van der Waals surface area contributed by atoms with E-state index in [0.717, 1.165) is 16.9 Å². The highest BCUT2D eigenvalue weighted by molar-refractivity contribution is 5.45. The fraction of sp³-hybridized carbons (Fsp3) is 0.0667. The van der Waals surface area contributed by atoms with Crippen molar-refractivity contribution < 1.29 is 9.84 Å². The average molecular weight is 224 g/mol. The van der Waals surface area contributed by atoms with Crippen molar-refractivity contribution in [3.63, 3.8) is 0 Å². The number of phenols is 1. The zero-order valence-corrected chi connectivity index (χ0v) is 9.47. The first-order chi connectivity index (χ1) is 8.28. The molecule has 2 aromatic carbocycles. The summed E-state index contributed by atoms with van der Waals surface area (Å²) in [5.74, 6) is 7.14. The molecule has 2 heteroatoms. The van der Waals surface area contributed by atoms with Gasteiger partial charge in [0.25, 0.3) is 0 Å². The van der Waals surface area contributed by atoms with Gasteiger partial charge in [-0.2, -0.15) is 0 Å². The maximum Gasteiger partial charge on any atom is 0.118 e. The highest BCUT2D eigenvalue weighted by Crippen LogP contribution is 2.11. The van der Waals surface area contributed by atoms with Gasteiger partial charge in [0.2, 0.25) is 0 Å². The monoisotopic (exact) mass is 224 g/mol. The Balaban J connectivity index is 2.17. The van der Waals surface area contributed by atoms with Crippen LogP contribution in [0.1, 0.15) is 11.1 Å². The Morgan fingerprint density at radius 3 is 1.76 bits per heavy atom. The van der Waals surface area contributed by atoms with Crippen molar-refractivity contribution in [2.75, 3.05) is 7.11 Å². The summed E-state index contributed by atoms with van der Waals surface area (Å²) in [5.41, 5.74) is 1.80. The second-order valence-electron chi connectivity index (χ2n) is 3.53. The molecule has 0 unspecified atom stereocenters. The van der Waals surface area contributed by atoms with E-state index in [1.54, 1.807) is 31.4 Å². The summed E-state index contributed by atoms with van der Waals surface area (Å²) in [6, 6.07) is 14.4. The SMILES string of the molecule is COc1ccc(C#Cc2ccc(O)cc2)cc1. The molecule has 0 aliphatic carbocycles. The normalized spacial score (nSPS) is 9.24. The van der Waals surface area contributed by atoms with Gasteiger partial charge in [-0.1, -0.05) is 11.8 Å². The molecule has 0 atom stereocenters. The van der Waals surface area contributed by atoms with Crippen LogP contribution in [-0.4, -0.2) is 12.2 Å². The molecule has 0 spiro atoms. The molecule has 84 valence electrons. The zero-order valence-electron chi connectivity index (χ0n) is 9.47. The van der Waals surface area contributed by atoms with Crippen LogP contribution in [0.5, 0.6) is 11.5 Å². The molecule has 2 aromatic rings. The lowest BCUT2D eigenvalue weighted by Gasteiger charge is -1.97. The van der Waals surface area contributed by atoms with E-state index in [-0.39, 0.29) is 5.75 Å². The Labute approximate surface area is 100 Å². The van der Waals surface area contributed by atoms with E-state index in [4.69, 9.17) is 9.84 Å². The maximum absolute atomic E-state index is 9.14. The summed E-state index contributed by atoms with van der Waals surface area (Å²) >= 11 is 0. The lowest BCUT2D eigenvalue weighted by molar-refractivity contribution is 0.415. The standard InChI is InChI=1S/C15H12O2/c1-17-15-10-6-13(7-11-15)3-2-12-4-8-14(16)9-5-12/h4-11,16H,1H3. The van der Waals surface area contributed by atoms with E-state index < -0.39 is 0 Å². The van der Waals surface area contributed by atoms with Crippen LogP contribution in [-0.2, 0) is 0 Å². The predicted molar refractivity (Wildman–Crippen MR) is 67.1 cm³/mol. The van der Waals surface area contributed by atoms with Crippen molar-refractivity contribution in [1.82, 2.24) is 0 Å². The number of rotatable bonds is 1. The molecule has 0 saturated heterocycles. The third-order valence-electron chi connectivity index (χ3n) is 2.31. The van der Waals surface area contributed by atoms with Gasteiger partial charge in [-0.05, 0) is 48.5 Å². The van der Waals surface area contributed by atoms with Gasteiger partial charge in [-0.25, -0.2) is 0 Å². The molecule has 0 aliphatic heterocycles. The van der Waals surface area contributed by atoms with Crippen LogP contribution in [0.4, 0.5) is 0 Å². The largest absolute Gasteiger partial charge is 0.508 e. The van der Waals surface area contributed by atoms with Crippen LogP contribution < -0.4 is 4.74 Å². The van der Waals surface area contributed by atoms with E-state index in [1.165, 1.54) is 0 Å². The second kappa shape index (κ2) is 5.09. The fourth-order valence-electron chi connectivity index (χ4n) is 1.36. The summed E-state index contributed by atoms with van der Waals surface area (Å²) in [5, 5.41) is 9.14. The maximum atomic E-state index is 9.14. The van der Waals surface area contributed by atoms with Gasteiger partial charge in [0, 0.05) is 11.1 Å². The van der Waals surface area contributed by atoms with Gasteiger partial charge in [0.15, 0.2) is 0 Å². The predicted octanol–water partition coefficient (Wildman–Crippen LogP) is 2.80. The molecule has 0 aliphatic rings. The molecule has 0 heterocycles. The number of aromatic hydroxyl groups is 1. The molecule has 0 bridgehead atoms. The van der Waals surface area contributed by atoms with Crippen LogP contribution in [0.15, 0.2) is 48.5 Å². The number of hydrogen-bond acceptors (Lipinski definition) is 2. The number of hydrogen-bond donors (Lipinski definition) is 1. The molecule has 0 saturated carbocycles. The van der Waals surface area contributed by atoms with Gasteiger partial charge < -0.3 is 9.84 Å². The molecule has 0 radical (unpaired) electrons. The topological polar surface area (TPSA) is 29.5 Å². The second-order valence-corrected chi connectivity index (χ2v) is 3.53. The molecule has 0 aromatic heterocycles. The summed E-state index contributed by atoms with van der Waals surface area (Å²) in [4.78, 5) is 0. The van der Waals surface area contributed by atoms with E-state index in [1.807, 2.05) is 24.3 Å². The van der Waals surface area contributed by atoms with Crippen LogP contribution in [0.3, 0.4) is 0 Å². The zero-order chi connectivity index (χ0) is 12.1. The summed E-state index contributed by atoms with van der Waals surface area (Å²) < 4.78 is 5.07. The summed E-state index contributed by atoms with van der Waals surface area (Å²) in [6.07, 6.45) is 0. The smallest absolute Gasteiger partial charge is 0.118 e. The highest BCUT2D eigenvalue weighted by Gasteiger charge is 1.91. The lowest BCUT2D eigenvalue weighted by atomic mass is 10.2. The molecule has 17 heavy (non-hydrogen) atoms. The molecule has 0 fully saturated rings. The van der Waals surface area contributed by atoms with Crippen LogP contribution in [0, 0.1) is 11.8 Å². The Bertz CT molecular complexity index is 542. The van der Waals surface area contributed by atoms with E-state index in [0.29, 0.717) is 0 Å². The minimum atomic E-state index is 0.250. The first kappa shape index (κ1) is 11.1. The van der Waals surface area contributed by atoms with Gasteiger partial charge in [0.05, 0.1) is 7.11 Å². The number of methoxy groups -OCH3 is 1. The lowest BCUT2D eigenvalue weighted by Crippen LogP contribution is -1.82. The highest BCUT2D eigenvalue weighted by atomic mass is 16.5. The number of ether oxygens (including phenoxy) is 1. The van der Waals surface area contributed by atoms with Crippen molar-refractivity contribution in [3.05, 3.63) is 59.7 Å². The molecular weight excluding hydrogens is 212 g/mol. The minimum absolute atomic E-state index is 0.250. The molecule has 2 nitrogen and oxygen atoms in total. The molecule has 2 rings (SSSR count). The Kier molecular flexibility index (Phi) is 3.32. The quantitative estimate of drug-likeness (QED) is 0.755. The molecule has 0 amide bonds. The van der Waals surface area contributed by atoms with Crippen molar-refractivity contribution in [2.45, 2.75) is 0 Å². The van der Waals surface area contributed by atoms with Crippen molar-refractivity contribution in [2.24, 2.45) is 0 Å². The summed E-state index contributed by atoms with van der Waals surface area (Å²) in [7, 11) is 1.64. The average Bonchev–Trinajstić information content (AvgIpc) is 2.39. The van der Waals surface area contributed by atoms with Crippen LogP contribution >= 0.6 is 0 Å². The third-order valence-corrected chi connectivity index (χ3v) is 2.31. The molecular formula is C15H12O2. The van der Waals surface area contributed by atoms with E-state index in [2.05, 4.69) is 11.8 Å². The fourth-order valence-corrected chi connectivity index (χ4v) is 1.36. The van der Waals surface area contributed by atoms with Crippen LogP contribution in [0.2, 0.25) is 0 Å². The van der Waals surface area contributed by atoms with Crippen LogP contribution in [0.25, 0.3) is 0 Å². The molecule has 1 N–H and O–H groups in total. The van der Waals surface area contributed by atoms with Crippen molar-refractivity contribution in [3.8, 4) is 23.3 Å². The van der Waals surface area contributed by atoms with Crippen molar-refractivity contribution in [1.29, 1.82) is 0 Å².